The van der Waals surface area contributed by atoms with E-state index in [1.54, 1.807) is 0 Å². The van der Waals surface area contributed by atoms with Crippen molar-refractivity contribution in [3.8, 4) is 12.3 Å². The molecule has 2 rings (SSSR count). The molecule has 0 bridgehead atoms. The number of nitro benzene ring substituents is 1. The second-order valence-corrected chi connectivity index (χ2v) is 6.47. The standard InChI is InChI=1S/C14H15NO5S/c1-2-11-6-3-4-9-14(11)20-21(18,19)13-8-5-7-12(10-13)15(16)17/h1,5,7-8,10-11,14H,3-4,6,9H2/t11-,14-/m0/s1. The van der Waals surface area contributed by atoms with Gasteiger partial charge in [-0.2, -0.15) is 8.42 Å². The Bertz CT molecular complexity index is 677. The van der Waals surface area contributed by atoms with E-state index in [9.17, 15) is 18.5 Å². The summed E-state index contributed by atoms with van der Waals surface area (Å²) in [6.45, 7) is 0. The van der Waals surface area contributed by atoms with Crippen molar-refractivity contribution >= 4 is 15.8 Å². The van der Waals surface area contributed by atoms with Gasteiger partial charge < -0.3 is 0 Å². The number of benzene rings is 1. The van der Waals surface area contributed by atoms with Crippen LogP contribution in [0.5, 0.6) is 0 Å². The van der Waals surface area contributed by atoms with Crippen molar-refractivity contribution in [3.63, 3.8) is 0 Å². The molecule has 6 nitrogen and oxygen atoms in total. The molecule has 1 aliphatic rings. The molecule has 0 heterocycles. The number of hydrogen-bond acceptors (Lipinski definition) is 5. The molecule has 0 aromatic heterocycles. The number of nitro groups is 1. The molecule has 0 unspecified atom stereocenters. The average molecular weight is 309 g/mol. The normalized spacial score (nSPS) is 22.4. The number of non-ortho nitro benzene ring substituents is 1. The highest BCUT2D eigenvalue weighted by atomic mass is 32.2. The van der Waals surface area contributed by atoms with Gasteiger partial charge in [-0.25, -0.2) is 0 Å². The second kappa shape index (κ2) is 6.24. The average Bonchev–Trinajstić information content (AvgIpc) is 2.47. The molecule has 1 saturated carbocycles. The maximum absolute atomic E-state index is 12.2. The van der Waals surface area contributed by atoms with Gasteiger partial charge in [0.15, 0.2) is 0 Å². The van der Waals surface area contributed by atoms with Crippen LogP contribution in [0.15, 0.2) is 29.2 Å². The molecule has 7 heteroatoms. The largest absolute Gasteiger partial charge is 0.297 e. The summed E-state index contributed by atoms with van der Waals surface area (Å²) in [5, 5.41) is 10.7. The van der Waals surface area contributed by atoms with Crippen LogP contribution in [-0.4, -0.2) is 19.4 Å². The highest BCUT2D eigenvalue weighted by Gasteiger charge is 2.30. The lowest BCUT2D eigenvalue weighted by Gasteiger charge is -2.27. The second-order valence-electron chi connectivity index (χ2n) is 4.90. The Morgan fingerprint density at radius 1 is 1.33 bits per heavy atom. The zero-order valence-electron chi connectivity index (χ0n) is 11.3. The van der Waals surface area contributed by atoms with E-state index < -0.39 is 21.1 Å². The molecule has 0 aliphatic heterocycles. The molecule has 2 atom stereocenters. The molecule has 1 aromatic carbocycles. The summed E-state index contributed by atoms with van der Waals surface area (Å²) < 4.78 is 29.7. The quantitative estimate of drug-likeness (QED) is 0.369. The van der Waals surface area contributed by atoms with Crippen molar-refractivity contribution in [1.29, 1.82) is 0 Å². The lowest BCUT2D eigenvalue weighted by molar-refractivity contribution is -0.385. The Morgan fingerprint density at radius 3 is 2.71 bits per heavy atom. The number of rotatable bonds is 4. The topological polar surface area (TPSA) is 86.5 Å². The summed E-state index contributed by atoms with van der Waals surface area (Å²) in [5.74, 6) is 2.32. The molecule has 0 spiro atoms. The van der Waals surface area contributed by atoms with Gasteiger partial charge in [0, 0.05) is 18.1 Å². The van der Waals surface area contributed by atoms with Crippen LogP contribution in [0.25, 0.3) is 0 Å². The summed E-state index contributed by atoms with van der Waals surface area (Å²) in [4.78, 5) is 9.84. The van der Waals surface area contributed by atoms with Gasteiger partial charge in [0.2, 0.25) is 0 Å². The molecule has 21 heavy (non-hydrogen) atoms. The number of nitrogens with zero attached hydrogens (tertiary/aromatic N) is 1. The molecular weight excluding hydrogens is 294 g/mol. The highest BCUT2D eigenvalue weighted by Crippen LogP contribution is 2.29. The summed E-state index contributed by atoms with van der Waals surface area (Å²) in [6.07, 6.45) is 7.94. The summed E-state index contributed by atoms with van der Waals surface area (Å²) in [7, 11) is -4.06. The van der Waals surface area contributed by atoms with Crippen molar-refractivity contribution in [3.05, 3.63) is 34.4 Å². The van der Waals surface area contributed by atoms with Crippen LogP contribution in [0.2, 0.25) is 0 Å². The predicted octanol–water partition coefficient (Wildman–Crippen LogP) is 2.49. The highest BCUT2D eigenvalue weighted by molar-refractivity contribution is 7.86. The molecule has 112 valence electrons. The van der Waals surface area contributed by atoms with Gasteiger partial charge in [0.05, 0.1) is 11.0 Å². The van der Waals surface area contributed by atoms with Crippen LogP contribution in [-0.2, 0) is 14.3 Å². The minimum atomic E-state index is -4.06. The number of terminal acetylenes is 1. The van der Waals surface area contributed by atoms with E-state index in [4.69, 9.17) is 10.6 Å². The van der Waals surface area contributed by atoms with E-state index in [2.05, 4.69) is 5.92 Å². The van der Waals surface area contributed by atoms with Gasteiger partial charge in [-0.15, -0.1) is 12.3 Å². The van der Waals surface area contributed by atoms with Crippen molar-refractivity contribution in [2.24, 2.45) is 5.92 Å². The van der Waals surface area contributed by atoms with Gasteiger partial charge in [0.25, 0.3) is 15.8 Å². The van der Waals surface area contributed by atoms with Gasteiger partial charge in [0.1, 0.15) is 4.90 Å². The fourth-order valence-electron chi connectivity index (χ4n) is 2.37. The van der Waals surface area contributed by atoms with Crippen molar-refractivity contribution in [1.82, 2.24) is 0 Å². The van der Waals surface area contributed by atoms with Crippen LogP contribution >= 0.6 is 0 Å². The third kappa shape index (κ3) is 3.60. The van der Waals surface area contributed by atoms with Gasteiger partial charge in [-0.05, 0) is 18.9 Å². The third-order valence-electron chi connectivity index (χ3n) is 3.48. The summed E-state index contributed by atoms with van der Waals surface area (Å²) in [6, 6.07) is 4.80. The SMILES string of the molecule is C#C[C@H]1CCCC[C@@H]1OS(=O)(=O)c1cccc([N+](=O)[O-])c1. The van der Waals surface area contributed by atoms with E-state index in [-0.39, 0.29) is 16.5 Å². The lowest BCUT2D eigenvalue weighted by Crippen LogP contribution is -2.29. The maximum Gasteiger partial charge on any atom is 0.297 e. The molecule has 0 saturated heterocycles. The van der Waals surface area contributed by atoms with E-state index in [1.165, 1.54) is 18.2 Å². The predicted molar refractivity (Wildman–Crippen MR) is 75.9 cm³/mol. The molecule has 1 aliphatic carbocycles. The minimum absolute atomic E-state index is 0.224. The molecule has 0 amide bonds. The first-order valence-electron chi connectivity index (χ1n) is 6.58. The van der Waals surface area contributed by atoms with E-state index >= 15 is 0 Å². The van der Waals surface area contributed by atoms with Gasteiger partial charge in [-0.3, -0.25) is 14.3 Å². The Hall–Kier alpha value is -1.91. The minimum Gasteiger partial charge on any atom is -0.262 e. The van der Waals surface area contributed by atoms with E-state index in [1.807, 2.05) is 0 Å². The summed E-state index contributed by atoms with van der Waals surface area (Å²) in [5.41, 5.74) is -0.295. The maximum atomic E-state index is 12.2. The van der Waals surface area contributed by atoms with E-state index in [0.29, 0.717) is 6.42 Å². The fraction of sp³-hybridized carbons (Fsp3) is 0.429. The van der Waals surface area contributed by atoms with Crippen LogP contribution in [0.1, 0.15) is 25.7 Å². The third-order valence-corrected chi connectivity index (χ3v) is 4.82. The van der Waals surface area contributed by atoms with Crippen LogP contribution < -0.4 is 0 Å². The van der Waals surface area contributed by atoms with E-state index in [0.717, 1.165) is 25.3 Å². The monoisotopic (exact) mass is 309 g/mol. The first-order chi connectivity index (χ1) is 9.94. The Labute approximate surface area is 123 Å². The zero-order chi connectivity index (χ0) is 15.5. The Balaban J connectivity index is 2.24. The Morgan fingerprint density at radius 2 is 2.05 bits per heavy atom. The Kier molecular flexibility index (Phi) is 4.60. The van der Waals surface area contributed by atoms with Crippen molar-refractivity contribution < 1.29 is 17.5 Å². The smallest absolute Gasteiger partial charge is 0.262 e. The molecule has 1 aromatic rings. The van der Waals surface area contributed by atoms with Gasteiger partial charge in [-0.1, -0.05) is 18.9 Å². The first-order valence-corrected chi connectivity index (χ1v) is 7.99. The fourth-order valence-corrected chi connectivity index (χ4v) is 3.55. The van der Waals surface area contributed by atoms with Crippen LogP contribution in [0.4, 0.5) is 5.69 Å². The first kappa shape index (κ1) is 15.5. The van der Waals surface area contributed by atoms with Crippen molar-refractivity contribution in [2.75, 3.05) is 0 Å². The zero-order valence-corrected chi connectivity index (χ0v) is 12.1. The molecule has 1 fully saturated rings. The molecule has 0 radical (unpaired) electrons. The van der Waals surface area contributed by atoms with Crippen LogP contribution in [0, 0.1) is 28.4 Å². The lowest BCUT2D eigenvalue weighted by atomic mass is 9.87. The molecule has 0 N–H and O–H groups in total. The number of hydrogen-bond donors (Lipinski definition) is 0. The summed E-state index contributed by atoms with van der Waals surface area (Å²) >= 11 is 0. The van der Waals surface area contributed by atoms with Crippen molar-refractivity contribution in [2.45, 2.75) is 36.7 Å². The van der Waals surface area contributed by atoms with Crippen LogP contribution in [0.3, 0.4) is 0 Å². The molecular formula is C14H15NO5S. The van der Waals surface area contributed by atoms with Gasteiger partial charge >= 0.3 is 0 Å².